The minimum Gasteiger partial charge on any atom is -0.481 e. The molecule has 2 aromatic heterocycles. The van der Waals surface area contributed by atoms with E-state index in [2.05, 4.69) is 25.8 Å². The largest absolute Gasteiger partial charge is 0.481 e. The summed E-state index contributed by atoms with van der Waals surface area (Å²) in [7, 11) is 0. The van der Waals surface area contributed by atoms with Gasteiger partial charge < -0.3 is 25.0 Å². The van der Waals surface area contributed by atoms with Crippen LogP contribution in [0.3, 0.4) is 0 Å². The topological polar surface area (TPSA) is 108 Å². The highest BCUT2D eigenvalue weighted by Gasteiger charge is 2.95. The van der Waals surface area contributed by atoms with E-state index >= 15 is 0 Å². The number of piperidine rings is 1. The average Bonchev–Trinajstić information content (AvgIpc) is 3.79. The number of nitrogens with zero attached hydrogens (tertiary/aromatic N) is 3. The number of benzene rings is 1. The minimum absolute atomic E-state index is 0.127. The lowest BCUT2D eigenvalue weighted by molar-refractivity contribution is -0.141. The van der Waals surface area contributed by atoms with Crippen LogP contribution in [0.1, 0.15) is 54.6 Å². The summed E-state index contributed by atoms with van der Waals surface area (Å²) in [5.41, 5.74) is 2.21. The molecule has 4 fully saturated rings. The normalized spacial score (nSPS) is 29.5. The predicted molar refractivity (Wildman–Crippen MR) is 134 cm³/mol. The van der Waals surface area contributed by atoms with E-state index in [0.29, 0.717) is 31.5 Å². The maximum absolute atomic E-state index is 13.5. The van der Waals surface area contributed by atoms with Crippen LogP contribution in [0.5, 0.6) is 0 Å². The lowest BCUT2D eigenvalue weighted by atomic mass is 10.0. The van der Waals surface area contributed by atoms with Crippen molar-refractivity contribution in [1.29, 1.82) is 0 Å². The summed E-state index contributed by atoms with van der Waals surface area (Å²) >= 11 is 0. The Kier molecular flexibility index (Phi) is 4.44. The third-order valence-corrected chi connectivity index (χ3v) is 9.24. The van der Waals surface area contributed by atoms with Crippen molar-refractivity contribution in [3.8, 4) is 0 Å². The summed E-state index contributed by atoms with van der Waals surface area (Å²) < 4.78 is 2.06. The molecule has 1 atom stereocenters. The van der Waals surface area contributed by atoms with E-state index in [1.165, 1.54) is 0 Å². The number of aromatic nitrogens is 2. The molecule has 7 rings (SSSR count). The molecule has 1 aromatic carbocycles. The number of carboxylic acid groups (broad SMARTS) is 1. The van der Waals surface area contributed by atoms with Gasteiger partial charge in [0.1, 0.15) is 0 Å². The van der Waals surface area contributed by atoms with Gasteiger partial charge in [0.05, 0.1) is 46.7 Å². The molecular formula is C28H30N4O4. The second-order valence-corrected chi connectivity index (χ2v) is 11.3. The highest BCUT2D eigenvalue weighted by atomic mass is 16.4. The molecule has 8 nitrogen and oxygen atoms in total. The predicted octanol–water partition coefficient (Wildman–Crippen LogP) is 3.17. The summed E-state index contributed by atoms with van der Waals surface area (Å²) in [5.74, 6) is -0.841. The van der Waals surface area contributed by atoms with Crippen LogP contribution in [-0.4, -0.2) is 56.4 Å². The zero-order valence-corrected chi connectivity index (χ0v) is 20.1. The molecule has 8 heteroatoms. The number of aliphatic carboxylic acids is 1. The van der Waals surface area contributed by atoms with Gasteiger partial charge in [-0.1, -0.05) is 12.1 Å². The molecule has 4 aliphatic rings. The lowest BCUT2D eigenvalue weighted by Gasteiger charge is -2.31. The van der Waals surface area contributed by atoms with Crippen LogP contribution in [0.15, 0.2) is 48.8 Å². The number of nitrogens with one attached hydrogen (secondary N) is 1. The molecule has 36 heavy (non-hydrogen) atoms. The fourth-order valence-electron chi connectivity index (χ4n) is 6.81. The molecule has 1 saturated heterocycles. The molecule has 1 unspecified atom stereocenters. The van der Waals surface area contributed by atoms with Gasteiger partial charge >= 0.3 is 5.97 Å². The second kappa shape index (κ2) is 7.32. The lowest BCUT2D eigenvalue weighted by Crippen LogP contribution is -2.41. The number of para-hydroxylation sites is 1. The van der Waals surface area contributed by atoms with Gasteiger partial charge in [-0.2, -0.15) is 0 Å². The first-order valence-corrected chi connectivity index (χ1v) is 12.9. The molecular weight excluding hydrogens is 456 g/mol. The van der Waals surface area contributed by atoms with E-state index in [1.54, 1.807) is 0 Å². The number of carbonyl (C=O) groups excluding carboxylic acids is 1. The van der Waals surface area contributed by atoms with Gasteiger partial charge in [0.15, 0.2) is 0 Å². The molecule has 1 amide bonds. The van der Waals surface area contributed by atoms with E-state index in [9.17, 15) is 19.8 Å². The summed E-state index contributed by atoms with van der Waals surface area (Å²) in [6.07, 6.45) is 8.48. The number of hydrogen-bond acceptors (Lipinski definition) is 5. The van der Waals surface area contributed by atoms with Crippen molar-refractivity contribution >= 4 is 28.5 Å². The Hall–Kier alpha value is -3.39. The second-order valence-electron chi connectivity index (χ2n) is 11.3. The molecule has 3 aromatic rings. The Balaban J connectivity index is 1.12. The highest BCUT2D eigenvalue weighted by Crippen LogP contribution is 2.93. The molecule has 3 aliphatic carbocycles. The maximum Gasteiger partial charge on any atom is 0.310 e. The molecule has 3 N–H and O–H groups in total. The zero-order valence-electron chi connectivity index (χ0n) is 20.1. The minimum atomic E-state index is -0.714. The fraction of sp³-hybridized carbons (Fsp3) is 0.464. The van der Waals surface area contributed by atoms with Crippen molar-refractivity contribution < 1.29 is 19.8 Å². The Morgan fingerprint density at radius 3 is 2.64 bits per heavy atom. The number of rotatable bonds is 7. The number of pyridine rings is 1. The maximum atomic E-state index is 13.5. The molecule has 186 valence electrons. The molecule has 1 aliphatic heterocycles. The molecule has 3 saturated carbocycles. The summed E-state index contributed by atoms with van der Waals surface area (Å²) in [6.45, 7) is 2.10. The van der Waals surface area contributed by atoms with Crippen LogP contribution in [0.2, 0.25) is 0 Å². The van der Waals surface area contributed by atoms with E-state index in [0.717, 1.165) is 54.5 Å². The number of anilines is 1. The number of amides is 1. The number of aliphatic hydroxyl groups is 1. The first kappa shape index (κ1) is 21.9. The number of carbonyl (C=O) groups is 2. The van der Waals surface area contributed by atoms with Crippen molar-refractivity contribution in [3.63, 3.8) is 0 Å². The van der Waals surface area contributed by atoms with Crippen LogP contribution >= 0.6 is 0 Å². The first-order chi connectivity index (χ1) is 17.4. The smallest absolute Gasteiger partial charge is 0.310 e. The van der Waals surface area contributed by atoms with E-state index < -0.39 is 11.4 Å². The van der Waals surface area contributed by atoms with Crippen molar-refractivity contribution in [2.45, 2.75) is 56.7 Å². The Bertz CT molecular complexity index is 1380. The van der Waals surface area contributed by atoms with Gasteiger partial charge in [0, 0.05) is 35.6 Å². The van der Waals surface area contributed by atoms with Crippen molar-refractivity contribution in [2.75, 3.05) is 18.0 Å². The number of aliphatic hydroxyl groups excluding tert-OH is 1. The summed E-state index contributed by atoms with van der Waals surface area (Å²) in [6, 6.07) is 11.8. The Morgan fingerprint density at radius 1 is 1.14 bits per heavy atom. The molecule has 0 radical (unpaired) electrons. The van der Waals surface area contributed by atoms with Crippen molar-refractivity contribution in [3.05, 3.63) is 60.0 Å². The molecule has 0 spiro atoms. The van der Waals surface area contributed by atoms with E-state index in [1.807, 2.05) is 42.7 Å². The van der Waals surface area contributed by atoms with Gasteiger partial charge in [-0.3, -0.25) is 14.6 Å². The third kappa shape index (κ3) is 3.06. The quantitative estimate of drug-likeness (QED) is 0.474. The summed E-state index contributed by atoms with van der Waals surface area (Å²) in [5, 5.41) is 23.9. The fourth-order valence-corrected chi connectivity index (χ4v) is 6.81. The van der Waals surface area contributed by atoms with Crippen LogP contribution in [-0.2, 0) is 11.3 Å². The third-order valence-electron chi connectivity index (χ3n) is 9.24. The zero-order chi connectivity index (χ0) is 24.7. The number of β-amino-alcohol motifs (C(OH)–C–C–N with tert-alkyl or cyclic N) is 1. The number of fused-ring (bicyclic) bond motifs is 2. The first-order valence-electron chi connectivity index (χ1n) is 12.9. The van der Waals surface area contributed by atoms with Crippen molar-refractivity contribution in [2.24, 2.45) is 10.8 Å². The SMILES string of the molecule is O=C(NC1(C23CC2(C(=O)O)C3)CC1)c1cccc2ccn(Cc3ccc(N4CCCC(O)C4)cn3)c12. The molecule has 0 bridgehead atoms. The number of carboxylic acids is 1. The summed E-state index contributed by atoms with van der Waals surface area (Å²) in [4.78, 5) is 32.1. The Labute approximate surface area is 208 Å². The molecule has 3 heterocycles. The van der Waals surface area contributed by atoms with Crippen LogP contribution in [0, 0.1) is 10.8 Å². The average molecular weight is 487 g/mol. The van der Waals surface area contributed by atoms with Crippen molar-refractivity contribution in [1.82, 2.24) is 14.9 Å². The standard InChI is InChI=1S/C28H30N4O4/c33-21-4-2-11-31(15-21)20-7-6-19(29-13-20)14-32-12-8-18-3-1-5-22(23(18)32)24(34)30-28(9-10-28)27-16-26(27,17-27)25(35)36/h1,3,5-8,12-13,21,33H,2,4,9-11,14-17H2,(H,30,34)(H,35,36). The van der Waals surface area contributed by atoms with Gasteiger partial charge in [-0.05, 0) is 62.8 Å². The van der Waals surface area contributed by atoms with Crippen LogP contribution in [0.4, 0.5) is 5.69 Å². The van der Waals surface area contributed by atoms with Gasteiger partial charge in [-0.15, -0.1) is 0 Å². The van der Waals surface area contributed by atoms with E-state index in [4.69, 9.17) is 0 Å². The van der Waals surface area contributed by atoms with Gasteiger partial charge in [0.2, 0.25) is 0 Å². The van der Waals surface area contributed by atoms with Crippen LogP contribution < -0.4 is 10.2 Å². The number of hydrogen-bond donors (Lipinski definition) is 3. The highest BCUT2D eigenvalue weighted by molar-refractivity contribution is 6.06. The monoisotopic (exact) mass is 486 g/mol. The van der Waals surface area contributed by atoms with E-state index in [-0.39, 0.29) is 23.0 Å². The Morgan fingerprint density at radius 2 is 1.97 bits per heavy atom. The van der Waals surface area contributed by atoms with Gasteiger partial charge in [0.25, 0.3) is 5.91 Å². The van der Waals surface area contributed by atoms with Crippen LogP contribution in [0.25, 0.3) is 10.9 Å². The van der Waals surface area contributed by atoms with Gasteiger partial charge in [-0.25, -0.2) is 0 Å².